The zero-order chi connectivity index (χ0) is 12.5. The predicted octanol–water partition coefficient (Wildman–Crippen LogP) is 1.97. The Hall–Kier alpha value is -2.74. The van der Waals surface area contributed by atoms with Gasteiger partial charge in [0.1, 0.15) is 18.1 Å². The van der Waals surface area contributed by atoms with Crippen molar-refractivity contribution in [2.45, 2.75) is 6.92 Å². The van der Waals surface area contributed by atoms with E-state index in [0.29, 0.717) is 5.69 Å². The van der Waals surface area contributed by atoms with Gasteiger partial charge in [-0.3, -0.25) is 0 Å². The largest absolute Gasteiger partial charge is 0.245 e. The van der Waals surface area contributed by atoms with Crippen LogP contribution in [-0.2, 0) is 0 Å². The zero-order valence-corrected chi connectivity index (χ0v) is 9.70. The van der Waals surface area contributed by atoms with E-state index in [1.54, 1.807) is 16.8 Å². The summed E-state index contributed by atoms with van der Waals surface area (Å²) in [6.07, 6.45) is 3.22. The minimum absolute atomic E-state index is 0.419. The molecule has 0 saturated carbocycles. The van der Waals surface area contributed by atoms with Crippen LogP contribution in [0.5, 0.6) is 0 Å². The fourth-order valence-electron chi connectivity index (χ4n) is 1.93. The Balaban J connectivity index is 2.27. The second-order valence-corrected chi connectivity index (χ2v) is 3.94. The molecule has 0 amide bonds. The summed E-state index contributed by atoms with van der Waals surface area (Å²) in [6, 6.07) is 9.58. The van der Waals surface area contributed by atoms with E-state index in [1.165, 1.54) is 6.33 Å². The highest BCUT2D eigenvalue weighted by atomic mass is 15.3. The van der Waals surface area contributed by atoms with Gasteiger partial charge in [-0.1, -0.05) is 6.07 Å². The third-order valence-corrected chi connectivity index (χ3v) is 2.80. The molecule has 0 aromatic carbocycles. The van der Waals surface area contributed by atoms with Crippen LogP contribution in [0.3, 0.4) is 0 Å². The summed E-state index contributed by atoms with van der Waals surface area (Å²) in [6.45, 7) is 1.95. The van der Waals surface area contributed by atoms with E-state index >= 15 is 0 Å². The summed E-state index contributed by atoms with van der Waals surface area (Å²) in [4.78, 5) is 8.25. The average Bonchev–Trinajstić information content (AvgIpc) is 2.87. The summed E-state index contributed by atoms with van der Waals surface area (Å²) in [7, 11) is 0. The molecule has 5 heteroatoms. The van der Waals surface area contributed by atoms with Gasteiger partial charge in [0, 0.05) is 11.8 Å². The molecule has 0 aliphatic carbocycles. The molecule has 86 valence electrons. The van der Waals surface area contributed by atoms with Crippen LogP contribution < -0.4 is 0 Å². The third-order valence-electron chi connectivity index (χ3n) is 2.80. The third kappa shape index (κ3) is 1.52. The van der Waals surface area contributed by atoms with E-state index in [1.807, 2.05) is 31.2 Å². The maximum Gasteiger partial charge on any atom is 0.155 e. The van der Waals surface area contributed by atoms with E-state index < -0.39 is 0 Å². The first kappa shape index (κ1) is 10.4. The molecule has 3 rings (SSSR count). The Morgan fingerprint density at radius 2 is 2.17 bits per heavy atom. The van der Waals surface area contributed by atoms with Crippen LogP contribution in [-0.4, -0.2) is 19.6 Å². The minimum Gasteiger partial charge on any atom is -0.245 e. The lowest BCUT2D eigenvalue weighted by Gasteiger charge is -2.07. The van der Waals surface area contributed by atoms with Crippen LogP contribution >= 0.6 is 0 Å². The van der Waals surface area contributed by atoms with Crippen LogP contribution in [0.1, 0.15) is 11.3 Å². The smallest absolute Gasteiger partial charge is 0.155 e. The lowest BCUT2D eigenvalue weighted by atomic mass is 10.1. The monoisotopic (exact) mass is 235 g/mol. The standard InChI is InChI=1S/C13H9N5/c1-9-5-10(6-14)15-7-11(9)12-3-2-4-13-16-8-17-18(12)13/h2-5,7-8H,1H3. The second-order valence-electron chi connectivity index (χ2n) is 3.94. The van der Waals surface area contributed by atoms with Gasteiger partial charge in [0.05, 0.1) is 5.69 Å². The highest BCUT2D eigenvalue weighted by molar-refractivity contribution is 5.65. The van der Waals surface area contributed by atoms with Crippen LogP contribution in [0, 0.1) is 18.3 Å². The maximum atomic E-state index is 8.82. The summed E-state index contributed by atoms with van der Waals surface area (Å²) >= 11 is 0. The molecule has 3 aromatic heterocycles. The lowest BCUT2D eigenvalue weighted by Crippen LogP contribution is -1.97. The minimum atomic E-state index is 0.419. The van der Waals surface area contributed by atoms with Gasteiger partial charge in [-0.2, -0.15) is 10.4 Å². The van der Waals surface area contributed by atoms with E-state index in [4.69, 9.17) is 5.26 Å². The quantitative estimate of drug-likeness (QED) is 0.646. The molecule has 3 heterocycles. The fourth-order valence-corrected chi connectivity index (χ4v) is 1.93. The van der Waals surface area contributed by atoms with Gasteiger partial charge in [-0.25, -0.2) is 14.5 Å². The molecule has 0 atom stereocenters. The topological polar surface area (TPSA) is 66.9 Å². The molecule has 0 aliphatic heterocycles. The number of fused-ring (bicyclic) bond motifs is 1. The molecule has 18 heavy (non-hydrogen) atoms. The van der Waals surface area contributed by atoms with Crippen molar-refractivity contribution in [1.29, 1.82) is 5.26 Å². The Morgan fingerprint density at radius 1 is 1.28 bits per heavy atom. The van der Waals surface area contributed by atoms with E-state index in [0.717, 1.165) is 22.5 Å². The Morgan fingerprint density at radius 3 is 2.94 bits per heavy atom. The molecule has 0 fully saturated rings. The van der Waals surface area contributed by atoms with E-state index in [9.17, 15) is 0 Å². The molecule has 0 radical (unpaired) electrons. The van der Waals surface area contributed by atoms with E-state index in [-0.39, 0.29) is 0 Å². The lowest BCUT2D eigenvalue weighted by molar-refractivity contribution is 0.966. The average molecular weight is 235 g/mol. The summed E-state index contributed by atoms with van der Waals surface area (Å²) < 4.78 is 1.76. The van der Waals surface area contributed by atoms with Crippen molar-refractivity contribution in [3.05, 3.63) is 48.0 Å². The van der Waals surface area contributed by atoms with Gasteiger partial charge < -0.3 is 0 Å². The van der Waals surface area contributed by atoms with E-state index in [2.05, 4.69) is 15.1 Å². The number of pyridine rings is 2. The molecule has 0 saturated heterocycles. The first-order valence-corrected chi connectivity index (χ1v) is 5.45. The van der Waals surface area contributed by atoms with Crippen LogP contribution in [0.25, 0.3) is 16.9 Å². The number of rotatable bonds is 1. The SMILES string of the molecule is Cc1cc(C#N)ncc1-c1cccc2ncnn12. The Kier molecular flexibility index (Phi) is 2.27. The van der Waals surface area contributed by atoms with Crippen molar-refractivity contribution < 1.29 is 0 Å². The highest BCUT2D eigenvalue weighted by Crippen LogP contribution is 2.22. The highest BCUT2D eigenvalue weighted by Gasteiger charge is 2.08. The van der Waals surface area contributed by atoms with Gasteiger partial charge in [0.25, 0.3) is 0 Å². The number of aryl methyl sites for hydroxylation is 1. The number of hydrogen-bond acceptors (Lipinski definition) is 4. The van der Waals surface area contributed by atoms with Crippen molar-refractivity contribution in [1.82, 2.24) is 19.6 Å². The molecule has 0 unspecified atom stereocenters. The molecule has 3 aromatic rings. The van der Waals surface area contributed by atoms with Gasteiger partial charge in [-0.05, 0) is 30.7 Å². The van der Waals surface area contributed by atoms with Crippen molar-refractivity contribution in [3.8, 4) is 17.3 Å². The van der Waals surface area contributed by atoms with Gasteiger partial charge >= 0.3 is 0 Å². The number of nitrogens with zero attached hydrogens (tertiary/aromatic N) is 5. The molecular weight excluding hydrogens is 226 g/mol. The Labute approximate surface area is 103 Å². The van der Waals surface area contributed by atoms with Gasteiger partial charge in [0.2, 0.25) is 0 Å². The van der Waals surface area contributed by atoms with Crippen molar-refractivity contribution in [2.24, 2.45) is 0 Å². The number of hydrogen-bond donors (Lipinski definition) is 0. The van der Waals surface area contributed by atoms with Gasteiger partial charge in [-0.15, -0.1) is 0 Å². The normalized spacial score (nSPS) is 10.4. The van der Waals surface area contributed by atoms with Crippen molar-refractivity contribution in [2.75, 3.05) is 0 Å². The molecule has 0 bridgehead atoms. The summed E-state index contributed by atoms with van der Waals surface area (Å²) in [5, 5.41) is 13.0. The molecular formula is C13H9N5. The molecule has 0 N–H and O–H groups in total. The summed E-state index contributed by atoms with van der Waals surface area (Å²) in [5.41, 5.74) is 4.06. The maximum absolute atomic E-state index is 8.82. The molecule has 0 spiro atoms. The van der Waals surface area contributed by atoms with Crippen LogP contribution in [0.2, 0.25) is 0 Å². The van der Waals surface area contributed by atoms with Gasteiger partial charge in [0.15, 0.2) is 5.65 Å². The molecule has 0 aliphatic rings. The van der Waals surface area contributed by atoms with Crippen LogP contribution in [0.4, 0.5) is 0 Å². The molecule has 5 nitrogen and oxygen atoms in total. The zero-order valence-electron chi connectivity index (χ0n) is 9.70. The predicted molar refractivity (Wildman–Crippen MR) is 65.7 cm³/mol. The number of nitriles is 1. The summed E-state index contributed by atoms with van der Waals surface area (Å²) in [5.74, 6) is 0. The van der Waals surface area contributed by atoms with Crippen LogP contribution in [0.15, 0.2) is 36.8 Å². The fraction of sp³-hybridized carbons (Fsp3) is 0.0769. The first-order chi connectivity index (χ1) is 8.79. The number of aromatic nitrogens is 4. The Bertz CT molecular complexity index is 766. The van der Waals surface area contributed by atoms with Crippen molar-refractivity contribution in [3.63, 3.8) is 0 Å². The first-order valence-electron chi connectivity index (χ1n) is 5.45. The van der Waals surface area contributed by atoms with Crippen molar-refractivity contribution >= 4 is 5.65 Å². The second kappa shape index (κ2) is 3.93.